The summed E-state index contributed by atoms with van der Waals surface area (Å²) in [5.41, 5.74) is 8.62. The van der Waals surface area contributed by atoms with Crippen molar-refractivity contribution in [2.24, 2.45) is 0 Å². The van der Waals surface area contributed by atoms with Gasteiger partial charge >= 0.3 is 0 Å². The van der Waals surface area contributed by atoms with Crippen LogP contribution in [-0.2, 0) is 17.7 Å². The number of rotatable bonds is 2. The molecule has 0 radical (unpaired) electrons. The van der Waals surface area contributed by atoms with E-state index >= 15 is 0 Å². The van der Waals surface area contributed by atoms with Crippen molar-refractivity contribution >= 4 is 27.2 Å². The quantitative estimate of drug-likeness (QED) is 0.349. The molecule has 0 saturated carbocycles. The molecule has 2 aliphatic carbocycles. The van der Waals surface area contributed by atoms with E-state index < -0.39 is 0 Å². The summed E-state index contributed by atoms with van der Waals surface area (Å²) in [5.74, 6) is 0. The molecule has 0 bridgehead atoms. The number of aryl methyl sites for hydroxylation is 1. The number of aromatic nitrogens is 2. The van der Waals surface area contributed by atoms with E-state index in [1.165, 1.54) is 53.2 Å². The van der Waals surface area contributed by atoms with Gasteiger partial charge in [-0.3, -0.25) is 14.9 Å². The van der Waals surface area contributed by atoms with Crippen molar-refractivity contribution in [1.29, 1.82) is 0 Å². The Hall–Kier alpha value is -3.34. The van der Waals surface area contributed by atoms with E-state index in [1.54, 1.807) is 23.5 Å². The molecule has 3 aliphatic rings. The molecule has 0 atom stereocenters. The fourth-order valence-corrected chi connectivity index (χ4v) is 5.52. The summed E-state index contributed by atoms with van der Waals surface area (Å²) < 4.78 is 5.46. The van der Waals surface area contributed by atoms with Crippen LogP contribution in [0.3, 0.4) is 0 Å². The summed E-state index contributed by atoms with van der Waals surface area (Å²) >= 11 is 0. The van der Waals surface area contributed by atoms with E-state index in [1.807, 2.05) is 24.4 Å². The van der Waals surface area contributed by atoms with Crippen LogP contribution in [0, 0.1) is 0 Å². The van der Waals surface area contributed by atoms with Crippen LogP contribution >= 0.6 is 0 Å². The molecule has 35 heavy (non-hydrogen) atoms. The fourth-order valence-electron chi connectivity index (χ4n) is 5.52. The second-order valence-electron chi connectivity index (χ2n) is 9.57. The molecule has 4 nitrogen and oxygen atoms in total. The number of ether oxygens (including phenoxy) is 1. The molecule has 2 aromatic heterocycles. The number of allylic oxidation sites excluding steroid dienone is 4. The first-order chi connectivity index (χ1) is 17.3. The molecule has 1 saturated heterocycles. The van der Waals surface area contributed by atoms with Crippen LogP contribution in [0.15, 0.2) is 84.8 Å². The van der Waals surface area contributed by atoms with Gasteiger partial charge in [0.05, 0.1) is 18.7 Å². The predicted octanol–water partition coefficient (Wildman–Crippen LogP) is 6.35. The lowest BCUT2D eigenvalue weighted by Gasteiger charge is -2.27. The summed E-state index contributed by atoms with van der Waals surface area (Å²) in [7, 11) is 0. The molecule has 0 spiro atoms. The number of pyridine rings is 2. The number of nitrogens with zero attached hydrogens (tertiary/aromatic N) is 3. The second kappa shape index (κ2) is 10.1. The van der Waals surface area contributed by atoms with Gasteiger partial charge in [-0.25, -0.2) is 0 Å². The highest BCUT2D eigenvalue weighted by Gasteiger charge is 2.20. The van der Waals surface area contributed by atoms with Gasteiger partial charge in [-0.1, -0.05) is 42.0 Å². The minimum absolute atomic E-state index is 0.867. The zero-order chi connectivity index (χ0) is 23.5. The Labute approximate surface area is 207 Å². The zero-order valence-corrected chi connectivity index (χ0v) is 20.1. The zero-order valence-electron chi connectivity index (χ0n) is 20.1. The second-order valence-corrected chi connectivity index (χ2v) is 9.57. The number of morpholine rings is 1. The number of hydrogen-bond acceptors (Lipinski definition) is 4. The standard InChI is InChI=1S/C23H25NO.C8H6N2/c1-2-4-20-18(3-1)6-9-23-21-8-5-17(15-19(21)7-10-22(20)23)16-24-11-13-25-14-12-24;1-2-7-6-9-5-3-8(7)10-4-1/h2,4-5,7-8,10,15H,1,3,6,9,11-14,16H2;1-6H. The van der Waals surface area contributed by atoms with E-state index in [4.69, 9.17) is 4.74 Å². The molecular formula is C31H31N3O. The topological polar surface area (TPSA) is 38.2 Å². The molecule has 176 valence electrons. The van der Waals surface area contributed by atoms with E-state index in [-0.39, 0.29) is 0 Å². The largest absolute Gasteiger partial charge is 0.379 e. The summed E-state index contributed by atoms with van der Waals surface area (Å²) in [4.78, 5) is 10.6. The normalized spacial score (nSPS) is 17.6. The lowest BCUT2D eigenvalue weighted by atomic mass is 9.79. The third-order valence-electron chi connectivity index (χ3n) is 7.35. The Morgan fingerprint density at radius 1 is 0.886 bits per heavy atom. The minimum atomic E-state index is 0.867. The van der Waals surface area contributed by atoms with Gasteiger partial charge in [-0.05, 0) is 83.0 Å². The molecule has 1 fully saturated rings. The van der Waals surface area contributed by atoms with Crippen LogP contribution in [0.2, 0.25) is 0 Å². The molecular weight excluding hydrogens is 430 g/mol. The number of benzene rings is 2. The highest BCUT2D eigenvalue weighted by Crippen LogP contribution is 2.40. The Morgan fingerprint density at radius 2 is 1.83 bits per heavy atom. The molecule has 1 aliphatic heterocycles. The fraction of sp³-hybridized carbons (Fsp3) is 0.290. The van der Waals surface area contributed by atoms with E-state index in [0.717, 1.165) is 43.8 Å². The average Bonchev–Trinajstić information content (AvgIpc) is 2.93. The van der Waals surface area contributed by atoms with Crippen LogP contribution in [0.1, 0.15) is 36.0 Å². The van der Waals surface area contributed by atoms with Gasteiger partial charge in [0, 0.05) is 43.6 Å². The van der Waals surface area contributed by atoms with Gasteiger partial charge in [0.1, 0.15) is 0 Å². The predicted molar refractivity (Wildman–Crippen MR) is 143 cm³/mol. The summed E-state index contributed by atoms with van der Waals surface area (Å²) in [6.07, 6.45) is 14.9. The molecule has 4 aromatic rings. The van der Waals surface area contributed by atoms with Crippen LogP contribution < -0.4 is 0 Å². The first-order valence-electron chi connectivity index (χ1n) is 12.7. The molecule has 7 rings (SSSR count). The first kappa shape index (κ1) is 22.1. The van der Waals surface area contributed by atoms with Crippen LogP contribution in [0.25, 0.3) is 27.2 Å². The highest BCUT2D eigenvalue weighted by molar-refractivity contribution is 5.94. The van der Waals surface area contributed by atoms with Crippen LogP contribution in [-0.4, -0.2) is 41.2 Å². The van der Waals surface area contributed by atoms with Crippen molar-refractivity contribution in [3.05, 3.63) is 102 Å². The minimum Gasteiger partial charge on any atom is -0.379 e. The van der Waals surface area contributed by atoms with E-state index in [0.29, 0.717) is 0 Å². The van der Waals surface area contributed by atoms with Gasteiger partial charge in [-0.2, -0.15) is 0 Å². The Kier molecular flexibility index (Phi) is 6.39. The summed E-state index contributed by atoms with van der Waals surface area (Å²) in [5, 5.41) is 3.94. The Bertz CT molecular complexity index is 1350. The molecule has 0 amide bonds. The maximum absolute atomic E-state index is 5.46. The average molecular weight is 462 g/mol. The van der Waals surface area contributed by atoms with Crippen molar-refractivity contribution in [3.8, 4) is 0 Å². The maximum atomic E-state index is 5.46. The van der Waals surface area contributed by atoms with Crippen molar-refractivity contribution in [1.82, 2.24) is 14.9 Å². The molecule has 2 aromatic carbocycles. The van der Waals surface area contributed by atoms with Gasteiger partial charge in [-0.15, -0.1) is 0 Å². The maximum Gasteiger partial charge on any atom is 0.0732 e. The smallest absolute Gasteiger partial charge is 0.0732 e. The van der Waals surface area contributed by atoms with Crippen LogP contribution in [0.4, 0.5) is 0 Å². The molecule has 0 unspecified atom stereocenters. The van der Waals surface area contributed by atoms with Crippen molar-refractivity contribution in [3.63, 3.8) is 0 Å². The van der Waals surface area contributed by atoms with Crippen molar-refractivity contribution in [2.45, 2.75) is 32.2 Å². The van der Waals surface area contributed by atoms with Gasteiger partial charge in [0.25, 0.3) is 0 Å². The lowest BCUT2D eigenvalue weighted by molar-refractivity contribution is 0.0342. The molecule has 4 heteroatoms. The van der Waals surface area contributed by atoms with Crippen molar-refractivity contribution in [2.75, 3.05) is 26.3 Å². The highest BCUT2D eigenvalue weighted by atomic mass is 16.5. The van der Waals surface area contributed by atoms with E-state index in [9.17, 15) is 0 Å². The third kappa shape index (κ3) is 4.77. The van der Waals surface area contributed by atoms with Crippen LogP contribution in [0.5, 0.6) is 0 Å². The van der Waals surface area contributed by atoms with Gasteiger partial charge in [0.2, 0.25) is 0 Å². The van der Waals surface area contributed by atoms with Gasteiger partial charge in [0.15, 0.2) is 0 Å². The third-order valence-corrected chi connectivity index (χ3v) is 7.35. The number of fused-ring (bicyclic) bond motifs is 5. The molecule has 0 N–H and O–H groups in total. The van der Waals surface area contributed by atoms with E-state index in [2.05, 4.69) is 57.4 Å². The number of hydrogen-bond donors (Lipinski definition) is 0. The summed E-state index contributed by atoms with van der Waals surface area (Å²) in [6.45, 7) is 4.86. The Morgan fingerprint density at radius 3 is 2.74 bits per heavy atom. The first-order valence-corrected chi connectivity index (χ1v) is 12.7. The Balaban J connectivity index is 0.000000191. The SMILES string of the molecule is C1=CC2=C(CC1)CCc1c2ccc2cc(CN3CCOCC3)ccc12.c1cnc2ccncc2c1. The molecule has 3 heterocycles. The van der Waals surface area contributed by atoms with Gasteiger partial charge < -0.3 is 4.74 Å². The summed E-state index contributed by atoms with van der Waals surface area (Å²) in [6, 6.07) is 17.6. The van der Waals surface area contributed by atoms with Crippen molar-refractivity contribution < 1.29 is 4.74 Å². The lowest BCUT2D eigenvalue weighted by Crippen LogP contribution is -2.35. The monoisotopic (exact) mass is 461 g/mol.